The number of carbonyl (C=O) groups is 1. The van der Waals surface area contributed by atoms with E-state index < -0.39 is 11.9 Å². The van der Waals surface area contributed by atoms with Crippen molar-refractivity contribution in [2.24, 2.45) is 0 Å². The molecule has 0 saturated carbocycles. The van der Waals surface area contributed by atoms with Gasteiger partial charge in [0.2, 0.25) is 5.89 Å². The van der Waals surface area contributed by atoms with Gasteiger partial charge in [0.15, 0.2) is 5.78 Å². The van der Waals surface area contributed by atoms with E-state index in [0.29, 0.717) is 11.1 Å². The van der Waals surface area contributed by atoms with Crippen molar-refractivity contribution < 1.29 is 22.7 Å². The lowest BCUT2D eigenvalue weighted by Crippen LogP contribution is -2.13. The van der Waals surface area contributed by atoms with E-state index in [2.05, 4.69) is 21.9 Å². The lowest BCUT2D eigenvalue weighted by Gasteiger charge is -2.08. The van der Waals surface area contributed by atoms with Crippen molar-refractivity contribution in [3.63, 3.8) is 0 Å². The van der Waals surface area contributed by atoms with E-state index in [1.165, 1.54) is 29.5 Å². The van der Waals surface area contributed by atoms with Gasteiger partial charge in [0.05, 0.1) is 5.25 Å². The third-order valence-electron chi connectivity index (χ3n) is 4.16. The molecule has 0 unspecified atom stereocenters. The number of halogens is 2. The zero-order valence-corrected chi connectivity index (χ0v) is 16.8. The number of thioether (sulfide) groups is 1. The SMILES string of the molecule is CCCc1ccc(C(=O)[C@H](C)Sc2nnc(-c3ccc(OC(F)F)cc3)o2)cc1. The Balaban J connectivity index is 1.63. The summed E-state index contributed by atoms with van der Waals surface area (Å²) < 4.78 is 34.3. The van der Waals surface area contributed by atoms with Crippen LogP contribution in [0.1, 0.15) is 36.2 Å². The van der Waals surface area contributed by atoms with E-state index in [1.807, 2.05) is 24.3 Å². The summed E-state index contributed by atoms with van der Waals surface area (Å²) in [5.41, 5.74) is 2.41. The maximum Gasteiger partial charge on any atom is 0.387 e. The molecule has 0 aliphatic rings. The van der Waals surface area contributed by atoms with Crippen molar-refractivity contribution in [3.8, 4) is 17.2 Å². The highest BCUT2D eigenvalue weighted by molar-refractivity contribution is 8.00. The molecule has 0 aliphatic carbocycles. The predicted octanol–water partition coefficient (Wildman–Crippen LogP) is 5.65. The van der Waals surface area contributed by atoms with Crippen LogP contribution in [0.5, 0.6) is 5.75 Å². The largest absolute Gasteiger partial charge is 0.435 e. The summed E-state index contributed by atoms with van der Waals surface area (Å²) in [6, 6.07) is 13.5. The molecule has 2 aromatic carbocycles. The highest BCUT2D eigenvalue weighted by Gasteiger charge is 2.20. The molecular formula is C21H20F2N2O3S. The molecule has 8 heteroatoms. The number of rotatable bonds is 9. The summed E-state index contributed by atoms with van der Waals surface area (Å²) in [7, 11) is 0. The minimum atomic E-state index is -2.88. The Morgan fingerprint density at radius 3 is 2.41 bits per heavy atom. The summed E-state index contributed by atoms with van der Waals surface area (Å²) in [6.45, 7) is 1.02. The topological polar surface area (TPSA) is 65.2 Å². The van der Waals surface area contributed by atoms with Crippen molar-refractivity contribution in [3.05, 3.63) is 59.7 Å². The van der Waals surface area contributed by atoms with Gasteiger partial charge in [-0.25, -0.2) is 0 Å². The van der Waals surface area contributed by atoms with E-state index in [4.69, 9.17) is 4.42 Å². The minimum absolute atomic E-state index is 0.0219. The molecule has 0 N–H and O–H groups in total. The van der Waals surface area contributed by atoms with Crippen LogP contribution in [0.4, 0.5) is 8.78 Å². The Hall–Kier alpha value is -2.74. The van der Waals surface area contributed by atoms with Crippen LogP contribution in [0.25, 0.3) is 11.5 Å². The molecule has 3 aromatic rings. The molecular weight excluding hydrogens is 398 g/mol. The molecule has 0 bridgehead atoms. The fourth-order valence-electron chi connectivity index (χ4n) is 2.72. The fraction of sp³-hybridized carbons (Fsp3) is 0.286. The van der Waals surface area contributed by atoms with E-state index in [1.54, 1.807) is 19.1 Å². The van der Waals surface area contributed by atoms with Gasteiger partial charge < -0.3 is 9.15 Å². The standard InChI is InChI=1S/C21H20F2N2O3S/c1-3-4-14-5-7-15(8-6-14)18(26)13(2)29-21-25-24-19(28-21)16-9-11-17(12-10-16)27-20(22)23/h5-13,20H,3-4H2,1-2H3/t13-/m0/s1. The summed E-state index contributed by atoms with van der Waals surface area (Å²) >= 11 is 1.17. The van der Waals surface area contributed by atoms with Gasteiger partial charge in [0.25, 0.3) is 5.22 Å². The highest BCUT2D eigenvalue weighted by atomic mass is 32.2. The first-order valence-corrected chi connectivity index (χ1v) is 10.0. The Morgan fingerprint density at radius 2 is 1.79 bits per heavy atom. The summed E-state index contributed by atoms with van der Waals surface area (Å²) in [5, 5.41) is 7.78. The number of Topliss-reactive ketones (excluding diaryl/α,β-unsaturated/α-hetero) is 1. The van der Waals surface area contributed by atoms with Crippen molar-refractivity contribution in [1.29, 1.82) is 0 Å². The molecule has 29 heavy (non-hydrogen) atoms. The molecule has 3 rings (SSSR count). The van der Waals surface area contributed by atoms with E-state index in [0.717, 1.165) is 12.8 Å². The van der Waals surface area contributed by atoms with Crippen LogP contribution in [0.3, 0.4) is 0 Å². The zero-order chi connectivity index (χ0) is 20.8. The van der Waals surface area contributed by atoms with Crippen molar-refractivity contribution in [2.45, 2.75) is 43.8 Å². The average Bonchev–Trinajstić information content (AvgIpc) is 3.17. The number of carbonyl (C=O) groups excluding carboxylic acids is 1. The van der Waals surface area contributed by atoms with E-state index in [9.17, 15) is 13.6 Å². The monoisotopic (exact) mass is 418 g/mol. The lowest BCUT2D eigenvalue weighted by molar-refractivity contribution is -0.0498. The van der Waals surface area contributed by atoms with Gasteiger partial charge in [-0.15, -0.1) is 10.2 Å². The van der Waals surface area contributed by atoms with E-state index >= 15 is 0 Å². The summed E-state index contributed by atoms with van der Waals surface area (Å²) in [6.07, 6.45) is 2.04. The number of aromatic nitrogens is 2. The van der Waals surface area contributed by atoms with Crippen molar-refractivity contribution >= 4 is 17.5 Å². The zero-order valence-electron chi connectivity index (χ0n) is 16.0. The molecule has 152 valence electrons. The van der Waals surface area contributed by atoms with Gasteiger partial charge in [0, 0.05) is 11.1 Å². The Morgan fingerprint density at radius 1 is 1.10 bits per heavy atom. The summed E-state index contributed by atoms with van der Waals surface area (Å²) in [4.78, 5) is 12.6. The smallest absolute Gasteiger partial charge is 0.387 e. The maximum atomic E-state index is 12.6. The first-order chi connectivity index (χ1) is 14.0. The second-order valence-corrected chi connectivity index (χ2v) is 7.64. The average molecular weight is 418 g/mol. The number of aryl methyl sites for hydroxylation is 1. The molecule has 1 heterocycles. The van der Waals surface area contributed by atoms with Crippen LogP contribution < -0.4 is 4.74 Å². The quantitative estimate of drug-likeness (QED) is 0.330. The second-order valence-electron chi connectivity index (χ2n) is 6.35. The van der Waals surface area contributed by atoms with Gasteiger partial charge in [-0.2, -0.15) is 8.78 Å². The number of hydrogen-bond acceptors (Lipinski definition) is 6. The molecule has 0 saturated heterocycles. The first-order valence-electron chi connectivity index (χ1n) is 9.15. The van der Waals surface area contributed by atoms with Crippen LogP contribution in [-0.2, 0) is 6.42 Å². The highest BCUT2D eigenvalue weighted by Crippen LogP contribution is 2.29. The van der Waals surface area contributed by atoms with Gasteiger partial charge in [-0.3, -0.25) is 4.79 Å². The first kappa shape index (κ1) is 21.0. The fourth-order valence-corrected chi connectivity index (χ4v) is 3.48. The number of hydrogen-bond donors (Lipinski definition) is 0. The Kier molecular flexibility index (Phi) is 6.98. The molecule has 0 spiro atoms. The molecule has 0 fully saturated rings. The molecule has 1 atom stereocenters. The van der Waals surface area contributed by atoms with Crippen LogP contribution in [0, 0.1) is 0 Å². The number of benzene rings is 2. The lowest BCUT2D eigenvalue weighted by atomic mass is 10.0. The van der Waals surface area contributed by atoms with Gasteiger partial charge in [-0.05, 0) is 43.2 Å². The third-order valence-corrected chi connectivity index (χ3v) is 5.09. The second kappa shape index (κ2) is 9.65. The number of ether oxygens (including phenoxy) is 1. The molecule has 0 aliphatic heterocycles. The van der Waals surface area contributed by atoms with Gasteiger partial charge in [-0.1, -0.05) is 49.4 Å². The molecule has 0 amide bonds. The number of nitrogens with zero attached hydrogens (tertiary/aromatic N) is 2. The van der Waals surface area contributed by atoms with Crippen molar-refractivity contribution in [2.75, 3.05) is 0 Å². The maximum absolute atomic E-state index is 12.6. The molecule has 0 radical (unpaired) electrons. The van der Waals surface area contributed by atoms with Crippen molar-refractivity contribution in [1.82, 2.24) is 10.2 Å². The normalized spacial score (nSPS) is 12.2. The van der Waals surface area contributed by atoms with Gasteiger partial charge >= 0.3 is 6.61 Å². The van der Waals surface area contributed by atoms with Crippen LogP contribution in [-0.4, -0.2) is 27.8 Å². The van der Waals surface area contributed by atoms with Gasteiger partial charge in [0.1, 0.15) is 5.75 Å². The molecule has 1 aromatic heterocycles. The molecule has 5 nitrogen and oxygen atoms in total. The Labute approximate surface area is 171 Å². The predicted molar refractivity (Wildman–Crippen MR) is 106 cm³/mol. The minimum Gasteiger partial charge on any atom is -0.435 e. The van der Waals surface area contributed by atoms with Crippen LogP contribution in [0.2, 0.25) is 0 Å². The Bertz CT molecular complexity index is 943. The third kappa shape index (κ3) is 5.63. The number of ketones is 1. The number of alkyl halides is 2. The summed E-state index contributed by atoms with van der Waals surface area (Å²) in [5.74, 6) is 0.257. The van der Waals surface area contributed by atoms with Crippen LogP contribution in [0.15, 0.2) is 58.2 Å². The van der Waals surface area contributed by atoms with Crippen LogP contribution >= 0.6 is 11.8 Å². The van der Waals surface area contributed by atoms with E-state index in [-0.39, 0.29) is 22.6 Å².